The van der Waals surface area contributed by atoms with Crippen molar-refractivity contribution in [3.05, 3.63) is 29.8 Å². The van der Waals surface area contributed by atoms with Crippen molar-refractivity contribution in [1.29, 1.82) is 0 Å². The first-order valence-electron chi connectivity index (χ1n) is 6.80. The molecule has 0 saturated heterocycles. The van der Waals surface area contributed by atoms with Crippen molar-refractivity contribution in [3.8, 4) is 0 Å². The van der Waals surface area contributed by atoms with Gasteiger partial charge in [0.1, 0.15) is 6.61 Å². The van der Waals surface area contributed by atoms with E-state index in [1.54, 1.807) is 0 Å². The summed E-state index contributed by atoms with van der Waals surface area (Å²) in [4.78, 5) is 12.1. The first-order valence-corrected chi connectivity index (χ1v) is 6.80. The molecule has 0 bridgehead atoms. The summed E-state index contributed by atoms with van der Waals surface area (Å²) in [6, 6.07) is 7.48. The van der Waals surface area contributed by atoms with Crippen LogP contribution in [0.1, 0.15) is 31.7 Å². The normalized spacial score (nSPS) is 16.1. The Kier molecular flexibility index (Phi) is 4.43. The maximum Gasteiger partial charge on any atom is 0.316 e. The molecule has 1 aliphatic carbocycles. The van der Waals surface area contributed by atoms with Crippen LogP contribution < -0.4 is 5.73 Å². The van der Waals surface area contributed by atoms with Crippen LogP contribution in [0, 0.1) is 0 Å². The van der Waals surface area contributed by atoms with E-state index in [1.807, 2.05) is 31.2 Å². The van der Waals surface area contributed by atoms with E-state index in [2.05, 4.69) is 0 Å². The Morgan fingerprint density at radius 1 is 1.21 bits per heavy atom. The quantitative estimate of drug-likeness (QED) is 0.466. The van der Waals surface area contributed by atoms with E-state index in [0.29, 0.717) is 25.5 Å². The second-order valence-corrected chi connectivity index (χ2v) is 4.95. The molecule has 1 aromatic carbocycles. The van der Waals surface area contributed by atoms with Crippen molar-refractivity contribution in [1.82, 2.24) is 0 Å². The van der Waals surface area contributed by atoms with Gasteiger partial charge in [0, 0.05) is 12.3 Å². The molecule has 4 nitrogen and oxygen atoms in total. The Morgan fingerprint density at radius 2 is 1.89 bits per heavy atom. The van der Waals surface area contributed by atoms with Crippen LogP contribution in [-0.4, -0.2) is 25.8 Å². The van der Waals surface area contributed by atoms with Crippen LogP contribution in [0.25, 0.3) is 0 Å². The molecule has 0 aromatic heterocycles. The predicted molar refractivity (Wildman–Crippen MR) is 73.8 cm³/mol. The highest BCUT2D eigenvalue weighted by Crippen LogP contribution is 2.49. The highest BCUT2D eigenvalue weighted by Gasteiger charge is 2.52. The molecule has 0 aliphatic heterocycles. The zero-order valence-corrected chi connectivity index (χ0v) is 11.4. The molecule has 2 rings (SSSR count). The first kappa shape index (κ1) is 13.9. The molecule has 0 heterocycles. The van der Waals surface area contributed by atoms with Crippen molar-refractivity contribution in [2.24, 2.45) is 0 Å². The number of carbonyl (C=O) groups is 1. The van der Waals surface area contributed by atoms with Crippen molar-refractivity contribution >= 4 is 11.7 Å². The number of carbonyl (C=O) groups excluding carboxylic acids is 1. The highest BCUT2D eigenvalue weighted by molar-refractivity contribution is 5.86. The van der Waals surface area contributed by atoms with Gasteiger partial charge in [-0.25, -0.2) is 0 Å². The van der Waals surface area contributed by atoms with Crippen LogP contribution in [-0.2, 0) is 19.7 Å². The maximum absolute atomic E-state index is 12.1. The lowest BCUT2D eigenvalue weighted by atomic mass is 9.96. The molecule has 1 fully saturated rings. The van der Waals surface area contributed by atoms with E-state index in [-0.39, 0.29) is 5.97 Å². The van der Waals surface area contributed by atoms with E-state index in [4.69, 9.17) is 15.2 Å². The lowest BCUT2D eigenvalue weighted by Crippen LogP contribution is -2.24. The Morgan fingerprint density at radius 3 is 2.47 bits per heavy atom. The van der Waals surface area contributed by atoms with Gasteiger partial charge in [-0.2, -0.15) is 0 Å². The first-order chi connectivity index (χ1) is 9.19. The molecule has 2 N–H and O–H groups in total. The molecule has 1 aromatic rings. The molecule has 0 radical (unpaired) electrons. The number of nitrogens with two attached hydrogens (primary N) is 1. The fourth-order valence-electron chi connectivity index (χ4n) is 2.12. The third-order valence-corrected chi connectivity index (χ3v) is 3.41. The van der Waals surface area contributed by atoms with Gasteiger partial charge in [-0.1, -0.05) is 19.1 Å². The molecular weight excluding hydrogens is 242 g/mol. The number of nitrogen functional groups attached to an aromatic ring is 1. The van der Waals surface area contributed by atoms with E-state index >= 15 is 0 Å². The fraction of sp³-hybridized carbons (Fsp3) is 0.533. The van der Waals surface area contributed by atoms with E-state index in [0.717, 1.165) is 24.8 Å². The van der Waals surface area contributed by atoms with Crippen molar-refractivity contribution in [2.75, 3.05) is 25.6 Å². The lowest BCUT2D eigenvalue weighted by molar-refractivity contribution is -0.148. The minimum absolute atomic E-state index is 0.141. The number of esters is 1. The third kappa shape index (κ3) is 3.26. The summed E-state index contributed by atoms with van der Waals surface area (Å²) in [7, 11) is 0. The Labute approximate surface area is 113 Å². The molecule has 1 aliphatic rings. The van der Waals surface area contributed by atoms with Gasteiger partial charge in [-0.05, 0) is 37.0 Å². The SMILES string of the molecule is CCCOCCOC(=O)C1(c2ccc(N)cc2)CC1. The largest absolute Gasteiger partial charge is 0.463 e. The van der Waals surface area contributed by atoms with Gasteiger partial charge < -0.3 is 15.2 Å². The molecule has 4 heteroatoms. The van der Waals surface area contributed by atoms with Crippen LogP contribution in [0.2, 0.25) is 0 Å². The molecule has 19 heavy (non-hydrogen) atoms. The van der Waals surface area contributed by atoms with Crippen LogP contribution in [0.4, 0.5) is 5.69 Å². The van der Waals surface area contributed by atoms with E-state index < -0.39 is 5.41 Å². The molecule has 0 unspecified atom stereocenters. The van der Waals surface area contributed by atoms with E-state index in [1.165, 1.54) is 0 Å². The number of ether oxygens (including phenoxy) is 2. The zero-order chi connectivity index (χ0) is 13.7. The van der Waals surface area contributed by atoms with Crippen LogP contribution in [0.5, 0.6) is 0 Å². The number of rotatable bonds is 7. The number of benzene rings is 1. The predicted octanol–water partition coefficient (Wildman–Crippen LogP) is 2.27. The minimum atomic E-state index is -0.432. The Bertz CT molecular complexity index is 424. The van der Waals surface area contributed by atoms with Crippen molar-refractivity contribution < 1.29 is 14.3 Å². The van der Waals surface area contributed by atoms with Gasteiger partial charge in [0.15, 0.2) is 0 Å². The fourth-order valence-corrected chi connectivity index (χ4v) is 2.12. The van der Waals surface area contributed by atoms with Crippen molar-refractivity contribution in [2.45, 2.75) is 31.6 Å². The van der Waals surface area contributed by atoms with Gasteiger partial charge in [-0.3, -0.25) is 4.79 Å². The summed E-state index contributed by atoms with van der Waals surface area (Å²) in [6.45, 7) is 3.56. The lowest BCUT2D eigenvalue weighted by Gasteiger charge is -2.15. The van der Waals surface area contributed by atoms with Crippen LogP contribution in [0.3, 0.4) is 0 Å². The smallest absolute Gasteiger partial charge is 0.316 e. The Balaban J connectivity index is 1.86. The highest BCUT2D eigenvalue weighted by atomic mass is 16.6. The maximum atomic E-state index is 12.1. The van der Waals surface area contributed by atoms with E-state index in [9.17, 15) is 4.79 Å². The number of anilines is 1. The zero-order valence-electron chi connectivity index (χ0n) is 11.4. The second kappa shape index (κ2) is 6.06. The summed E-state index contributed by atoms with van der Waals surface area (Å²) in [5.74, 6) is -0.141. The van der Waals surface area contributed by atoms with Crippen LogP contribution >= 0.6 is 0 Å². The van der Waals surface area contributed by atoms with Crippen LogP contribution in [0.15, 0.2) is 24.3 Å². The molecule has 0 amide bonds. The van der Waals surface area contributed by atoms with Crippen molar-refractivity contribution in [3.63, 3.8) is 0 Å². The monoisotopic (exact) mass is 263 g/mol. The summed E-state index contributed by atoms with van der Waals surface area (Å²) >= 11 is 0. The number of hydrogen-bond acceptors (Lipinski definition) is 4. The average molecular weight is 263 g/mol. The molecule has 1 saturated carbocycles. The average Bonchev–Trinajstić information content (AvgIpc) is 3.21. The summed E-state index contributed by atoms with van der Waals surface area (Å²) in [6.07, 6.45) is 2.68. The summed E-state index contributed by atoms with van der Waals surface area (Å²) < 4.78 is 10.6. The molecule has 104 valence electrons. The van der Waals surface area contributed by atoms with Gasteiger partial charge >= 0.3 is 5.97 Å². The Hall–Kier alpha value is -1.55. The van der Waals surface area contributed by atoms with Gasteiger partial charge in [0.25, 0.3) is 0 Å². The molecule has 0 spiro atoms. The topological polar surface area (TPSA) is 61.5 Å². The molecule has 0 atom stereocenters. The third-order valence-electron chi connectivity index (χ3n) is 3.41. The minimum Gasteiger partial charge on any atom is -0.463 e. The van der Waals surface area contributed by atoms with Gasteiger partial charge in [0.2, 0.25) is 0 Å². The molecular formula is C15H21NO3. The standard InChI is InChI=1S/C15H21NO3/c1-2-9-18-10-11-19-14(17)15(7-8-15)12-3-5-13(16)6-4-12/h3-6H,2,7-11,16H2,1H3. The second-order valence-electron chi connectivity index (χ2n) is 4.95. The summed E-state index contributed by atoms with van der Waals surface area (Å²) in [5.41, 5.74) is 6.94. The van der Waals surface area contributed by atoms with Gasteiger partial charge in [0.05, 0.1) is 12.0 Å². The van der Waals surface area contributed by atoms with Gasteiger partial charge in [-0.15, -0.1) is 0 Å². The summed E-state index contributed by atoms with van der Waals surface area (Å²) in [5, 5.41) is 0. The number of hydrogen-bond donors (Lipinski definition) is 1.